The van der Waals surface area contributed by atoms with Crippen LogP contribution < -0.4 is 4.31 Å². The molecule has 0 atom stereocenters. The van der Waals surface area contributed by atoms with Gasteiger partial charge < -0.3 is 4.74 Å². The van der Waals surface area contributed by atoms with Crippen molar-refractivity contribution in [2.24, 2.45) is 0 Å². The van der Waals surface area contributed by atoms with Crippen molar-refractivity contribution in [3.63, 3.8) is 0 Å². The topological polar surface area (TPSA) is 63.7 Å². The monoisotopic (exact) mass is 405 g/mol. The summed E-state index contributed by atoms with van der Waals surface area (Å²) in [7, 11) is -4.35. The normalized spacial score (nSPS) is 11.9. The lowest BCUT2D eigenvalue weighted by atomic mass is 10.2. The Kier molecular flexibility index (Phi) is 6.09. The highest BCUT2D eigenvalue weighted by atomic mass is 32.2. The van der Waals surface area contributed by atoms with E-state index in [1.807, 2.05) is 0 Å². The van der Waals surface area contributed by atoms with Crippen molar-refractivity contribution in [1.82, 2.24) is 0 Å². The Morgan fingerprint density at radius 2 is 1.59 bits per heavy atom. The molecule has 0 saturated carbocycles. The highest BCUT2D eigenvalue weighted by molar-refractivity contribution is 7.92. The zero-order valence-electron chi connectivity index (χ0n) is 14.0. The predicted molar refractivity (Wildman–Crippen MR) is 89.0 cm³/mol. The summed E-state index contributed by atoms with van der Waals surface area (Å²) in [5, 5.41) is 0. The molecule has 0 aliphatic heterocycles. The Morgan fingerprint density at radius 3 is 2.07 bits per heavy atom. The van der Waals surface area contributed by atoms with Crippen LogP contribution in [0.3, 0.4) is 0 Å². The van der Waals surface area contributed by atoms with Crippen LogP contribution in [0.1, 0.15) is 12.5 Å². The SMILES string of the molecule is CCOC(=O)CN(c1ccc(C(F)(F)F)cc1)S(=O)(=O)c1ccc(F)cc1. The number of sulfonamides is 1. The Bertz CT molecular complexity index is 894. The summed E-state index contributed by atoms with van der Waals surface area (Å²) in [6.07, 6.45) is -4.60. The molecule has 27 heavy (non-hydrogen) atoms. The standard InChI is InChI=1S/C17H15F4NO4S/c1-2-26-16(23)11-22(14-7-3-12(4-8-14)17(19,20)21)27(24,25)15-9-5-13(18)6-10-15/h3-10H,2,11H2,1H3. The Hall–Kier alpha value is -2.62. The number of ether oxygens (including phenoxy) is 1. The number of carbonyl (C=O) groups is 1. The summed E-state index contributed by atoms with van der Waals surface area (Å²) in [6.45, 7) is 0.768. The molecule has 0 fully saturated rings. The third kappa shape index (κ3) is 4.97. The van der Waals surface area contributed by atoms with Crippen molar-refractivity contribution in [3.05, 3.63) is 59.9 Å². The van der Waals surface area contributed by atoms with E-state index in [0.717, 1.165) is 36.4 Å². The van der Waals surface area contributed by atoms with Crippen molar-refractivity contribution in [2.75, 3.05) is 17.5 Å². The van der Waals surface area contributed by atoms with Crippen molar-refractivity contribution >= 4 is 21.7 Å². The van der Waals surface area contributed by atoms with Gasteiger partial charge in [0.15, 0.2) is 0 Å². The minimum Gasteiger partial charge on any atom is -0.465 e. The van der Waals surface area contributed by atoms with Crippen LogP contribution in [0.25, 0.3) is 0 Å². The summed E-state index contributed by atoms with van der Waals surface area (Å²) < 4.78 is 82.3. The third-order valence-corrected chi connectivity index (χ3v) is 5.25. The van der Waals surface area contributed by atoms with E-state index in [9.17, 15) is 30.8 Å². The largest absolute Gasteiger partial charge is 0.465 e. The van der Waals surface area contributed by atoms with E-state index < -0.39 is 40.1 Å². The highest BCUT2D eigenvalue weighted by Crippen LogP contribution is 2.32. The maximum absolute atomic E-state index is 13.1. The molecule has 0 aromatic heterocycles. The van der Waals surface area contributed by atoms with Gasteiger partial charge in [0, 0.05) is 0 Å². The maximum Gasteiger partial charge on any atom is 0.416 e. The number of hydrogen-bond acceptors (Lipinski definition) is 4. The van der Waals surface area contributed by atoms with Gasteiger partial charge in [-0.3, -0.25) is 9.10 Å². The molecule has 0 spiro atoms. The van der Waals surface area contributed by atoms with Gasteiger partial charge in [-0.05, 0) is 55.5 Å². The van der Waals surface area contributed by atoms with Gasteiger partial charge in [-0.2, -0.15) is 13.2 Å². The second kappa shape index (κ2) is 7.95. The summed E-state index contributed by atoms with van der Waals surface area (Å²) in [5.41, 5.74) is -1.14. The Balaban J connectivity index is 2.47. The molecule has 2 aromatic rings. The fourth-order valence-electron chi connectivity index (χ4n) is 2.19. The molecule has 0 radical (unpaired) electrons. The first-order chi connectivity index (χ1) is 12.6. The van der Waals surface area contributed by atoms with Crippen LogP contribution in [-0.2, 0) is 25.7 Å². The zero-order chi connectivity index (χ0) is 20.2. The molecule has 0 aliphatic carbocycles. The number of halogens is 4. The van der Waals surface area contributed by atoms with E-state index in [1.165, 1.54) is 6.92 Å². The molecule has 0 bridgehead atoms. The third-order valence-electron chi connectivity index (χ3n) is 3.46. The molecule has 146 valence electrons. The van der Waals surface area contributed by atoms with Gasteiger partial charge in [0.05, 0.1) is 22.8 Å². The Labute approximate surface area is 153 Å². The van der Waals surface area contributed by atoms with Crippen molar-refractivity contribution in [2.45, 2.75) is 18.0 Å². The number of anilines is 1. The van der Waals surface area contributed by atoms with E-state index in [0.29, 0.717) is 16.4 Å². The van der Waals surface area contributed by atoms with E-state index in [-0.39, 0.29) is 17.2 Å². The lowest BCUT2D eigenvalue weighted by molar-refractivity contribution is -0.141. The second-order valence-electron chi connectivity index (χ2n) is 5.32. The van der Waals surface area contributed by atoms with Gasteiger partial charge in [-0.15, -0.1) is 0 Å². The molecule has 2 aromatic carbocycles. The molecular weight excluding hydrogens is 390 g/mol. The average Bonchev–Trinajstić information content (AvgIpc) is 2.59. The molecule has 10 heteroatoms. The van der Waals surface area contributed by atoms with Crippen molar-refractivity contribution < 1.29 is 35.5 Å². The number of benzene rings is 2. The summed E-state index contributed by atoms with van der Waals surface area (Å²) >= 11 is 0. The first-order valence-corrected chi connectivity index (χ1v) is 9.11. The summed E-state index contributed by atoms with van der Waals surface area (Å²) in [6, 6.07) is 7.09. The van der Waals surface area contributed by atoms with Gasteiger partial charge in [-0.1, -0.05) is 0 Å². The second-order valence-corrected chi connectivity index (χ2v) is 7.18. The first-order valence-electron chi connectivity index (χ1n) is 7.67. The van der Waals surface area contributed by atoms with E-state index in [4.69, 9.17) is 4.74 Å². The van der Waals surface area contributed by atoms with Crippen LogP contribution in [0.15, 0.2) is 53.4 Å². The molecule has 2 rings (SSSR count). The molecule has 0 unspecified atom stereocenters. The van der Waals surface area contributed by atoms with Gasteiger partial charge >= 0.3 is 12.1 Å². The number of nitrogens with zero attached hydrogens (tertiary/aromatic N) is 1. The lowest BCUT2D eigenvalue weighted by Crippen LogP contribution is -2.36. The number of rotatable bonds is 6. The van der Waals surface area contributed by atoms with Crippen LogP contribution in [0, 0.1) is 5.82 Å². The van der Waals surface area contributed by atoms with E-state index in [1.54, 1.807) is 0 Å². The first kappa shape index (κ1) is 20.7. The van der Waals surface area contributed by atoms with Gasteiger partial charge in [-0.25, -0.2) is 12.8 Å². The fraction of sp³-hybridized carbons (Fsp3) is 0.235. The minimum absolute atomic E-state index is 0.00369. The van der Waals surface area contributed by atoms with Gasteiger partial charge in [0.25, 0.3) is 10.0 Å². The quantitative estimate of drug-likeness (QED) is 0.544. The molecule has 5 nitrogen and oxygen atoms in total. The molecular formula is C17H15F4NO4S. The summed E-state index contributed by atoms with van der Waals surface area (Å²) in [4.78, 5) is 11.5. The fourth-order valence-corrected chi connectivity index (χ4v) is 3.60. The number of carbonyl (C=O) groups excluding carboxylic acids is 1. The molecule has 0 N–H and O–H groups in total. The molecule has 0 amide bonds. The number of esters is 1. The lowest BCUT2D eigenvalue weighted by Gasteiger charge is -2.24. The van der Waals surface area contributed by atoms with Crippen molar-refractivity contribution in [3.8, 4) is 0 Å². The predicted octanol–water partition coefficient (Wildman–Crippen LogP) is 3.60. The molecule has 0 saturated heterocycles. The average molecular weight is 405 g/mol. The zero-order valence-corrected chi connectivity index (χ0v) is 14.8. The number of alkyl halides is 3. The van der Waals surface area contributed by atoms with E-state index in [2.05, 4.69) is 0 Å². The minimum atomic E-state index is -4.60. The van der Waals surface area contributed by atoms with Crippen LogP contribution >= 0.6 is 0 Å². The maximum atomic E-state index is 13.1. The van der Waals surface area contributed by atoms with Crippen LogP contribution in [0.2, 0.25) is 0 Å². The Morgan fingerprint density at radius 1 is 1.04 bits per heavy atom. The van der Waals surface area contributed by atoms with E-state index >= 15 is 0 Å². The molecule has 0 aliphatic rings. The van der Waals surface area contributed by atoms with Crippen LogP contribution in [0.5, 0.6) is 0 Å². The van der Waals surface area contributed by atoms with Crippen molar-refractivity contribution in [1.29, 1.82) is 0 Å². The number of hydrogen-bond donors (Lipinski definition) is 0. The highest BCUT2D eigenvalue weighted by Gasteiger charge is 2.32. The smallest absolute Gasteiger partial charge is 0.416 e. The van der Waals surface area contributed by atoms with Gasteiger partial charge in [0.2, 0.25) is 0 Å². The summed E-state index contributed by atoms with van der Waals surface area (Å²) in [5.74, 6) is -1.55. The van der Waals surface area contributed by atoms with Crippen LogP contribution in [-0.4, -0.2) is 27.5 Å². The van der Waals surface area contributed by atoms with Gasteiger partial charge in [0.1, 0.15) is 12.4 Å². The molecule has 0 heterocycles. The van der Waals surface area contributed by atoms with Crippen LogP contribution in [0.4, 0.5) is 23.2 Å².